The van der Waals surface area contributed by atoms with Crippen LogP contribution in [-0.4, -0.2) is 4.98 Å². The lowest BCUT2D eigenvalue weighted by molar-refractivity contribution is 1.20. The molecule has 0 fully saturated rings. The van der Waals surface area contributed by atoms with Gasteiger partial charge in [-0.25, -0.2) is 4.98 Å². The Morgan fingerprint density at radius 2 is 2.17 bits per heavy atom. The second kappa shape index (κ2) is 5.05. The molecule has 0 unspecified atom stereocenters. The number of nitrogens with zero attached hydrogens (tertiary/aromatic N) is 1. The summed E-state index contributed by atoms with van der Waals surface area (Å²) in [6.45, 7) is 0.780. The van der Waals surface area contributed by atoms with Crippen LogP contribution in [0.4, 0.5) is 5.69 Å². The molecule has 0 bridgehead atoms. The number of rotatable bonds is 3. The molecule has 0 aliphatic heterocycles. The van der Waals surface area contributed by atoms with Crippen LogP contribution in [0.25, 0.3) is 10.2 Å². The number of hydrogen-bond donors (Lipinski definition) is 1. The Bertz CT molecular complexity index is 677. The molecular formula is C12H8Cl2N2S2. The van der Waals surface area contributed by atoms with E-state index in [1.165, 1.54) is 4.88 Å². The number of hydrogen-bond acceptors (Lipinski definition) is 4. The average Bonchev–Trinajstić information content (AvgIpc) is 2.97. The van der Waals surface area contributed by atoms with Crippen molar-refractivity contribution in [1.82, 2.24) is 4.98 Å². The minimum atomic E-state index is 0.455. The molecule has 18 heavy (non-hydrogen) atoms. The molecule has 0 aromatic carbocycles. The van der Waals surface area contributed by atoms with Gasteiger partial charge in [0.1, 0.15) is 10.7 Å². The first-order chi connectivity index (χ1) is 8.74. The van der Waals surface area contributed by atoms with Gasteiger partial charge in [0, 0.05) is 22.9 Å². The van der Waals surface area contributed by atoms with Gasteiger partial charge in [-0.05, 0) is 11.4 Å². The molecule has 3 rings (SSSR count). The first-order valence-corrected chi connectivity index (χ1v) is 7.75. The van der Waals surface area contributed by atoms with E-state index in [2.05, 4.69) is 21.7 Å². The molecule has 3 heterocycles. The molecule has 92 valence electrons. The highest BCUT2D eigenvalue weighted by Gasteiger charge is 2.10. The summed E-state index contributed by atoms with van der Waals surface area (Å²) in [5.41, 5.74) is 1.75. The van der Waals surface area contributed by atoms with E-state index < -0.39 is 0 Å². The van der Waals surface area contributed by atoms with Gasteiger partial charge in [0.2, 0.25) is 0 Å². The van der Waals surface area contributed by atoms with E-state index in [0.717, 1.165) is 22.4 Å². The topological polar surface area (TPSA) is 24.9 Å². The molecule has 0 saturated heterocycles. The number of pyridine rings is 1. The Labute approximate surface area is 122 Å². The summed E-state index contributed by atoms with van der Waals surface area (Å²) in [6.07, 6.45) is 0. The van der Waals surface area contributed by atoms with Gasteiger partial charge in [-0.15, -0.1) is 22.7 Å². The van der Waals surface area contributed by atoms with Crippen LogP contribution in [0.2, 0.25) is 10.2 Å². The molecule has 2 nitrogen and oxygen atoms in total. The number of thiophene rings is 2. The monoisotopic (exact) mass is 314 g/mol. The Kier molecular flexibility index (Phi) is 3.43. The first-order valence-electron chi connectivity index (χ1n) is 5.23. The van der Waals surface area contributed by atoms with Gasteiger partial charge in [-0.1, -0.05) is 29.3 Å². The van der Waals surface area contributed by atoms with Crippen molar-refractivity contribution in [1.29, 1.82) is 0 Å². The van der Waals surface area contributed by atoms with Crippen LogP contribution in [0.5, 0.6) is 0 Å². The van der Waals surface area contributed by atoms with Crippen LogP contribution in [-0.2, 0) is 6.54 Å². The number of halogens is 2. The molecule has 1 N–H and O–H groups in total. The van der Waals surface area contributed by atoms with Crippen LogP contribution >= 0.6 is 45.9 Å². The van der Waals surface area contributed by atoms with E-state index >= 15 is 0 Å². The molecular weight excluding hydrogens is 307 g/mol. The summed E-state index contributed by atoms with van der Waals surface area (Å²) in [6, 6.07) is 5.97. The van der Waals surface area contributed by atoms with Crippen LogP contribution in [0.1, 0.15) is 4.88 Å². The number of aromatic nitrogens is 1. The summed E-state index contributed by atoms with van der Waals surface area (Å²) < 4.78 is 1.04. The van der Waals surface area contributed by atoms with Gasteiger partial charge in [0.25, 0.3) is 0 Å². The third-order valence-electron chi connectivity index (χ3n) is 2.48. The fourth-order valence-corrected chi connectivity index (χ4v) is 3.70. The quantitative estimate of drug-likeness (QED) is 0.665. The zero-order valence-corrected chi connectivity index (χ0v) is 12.3. The lowest BCUT2D eigenvalue weighted by Crippen LogP contribution is -1.98. The minimum Gasteiger partial charge on any atom is -0.379 e. The van der Waals surface area contributed by atoms with Crippen molar-refractivity contribution in [3.8, 4) is 0 Å². The van der Waals surface area contributed by atoms with E-state index in [-0.39, 0.29) is 0 Å². The van der Waals surface area contributed by atoms with Gasteiger partial charge in [0.15, 0.2) is 0 Å². The molecule has 0 radical (unpaired) electrons. The van der Waals surface area contributed by atoms with Crippen LogP contribution in [0.3, 0.4) is 0 Å². The lowest BCUT2D eigenvalue weighted by Gasteiger charge is -2.06. The molecule has 0 atom stereocenters. The van der Waals surface area contributed by atoms with Crippen LogP contribution < -0.4 is 5.32 Å². The number of fused-ring (bicyclic) bond motifs is 1. The highest BCUT2D eigenvalue weighted by Crippen LogP contribution is 2.35. The van der Waals surface area contributed by atoms with Crippen molar-refractivity contribution in [3.63, 3.8) is 0 Å². The van der Waals surface area contributed by atoms with Gasteiger partial charge >= 0.3 is 0 Å². The number of nitrogens with one attached hydrogen (secondary N) is 1. The fraction of sp³-hybridized carbons (Fsp3) is 0.0833. The second-order valence-corrected chi connectivity index (χ2v) is 6.39. The molecule has 0 saturated carbocycles. The normalized spacial score (nSPS) is 11.0. The van der Waals surface area contributed by atoms with Gasteiger partial charge in [-0.3, -0.25) is 0 Å². The standard InChI is InChI=1S/C12H8Cl2N2S2/c13-8-6-18-12-9(4-10(14)16-11(8)12)15-5-7-2-1-3-17-7/h1-4,6H,5H2,(H,15,16). The van der Waals surface area contributed by atoms with Crippen molar-refractivity contribution in [2.75, 3.05) is 5.32 Å². The fourth-order valence-electron chi connectivity index (χ4n) is 1.68. The summed E-state index contributed by atoms with van der Waals surface area (Å²) in [7, 11) is 0. The van der Waals surface area contributed by atoms with E-state index in [9.17, 15) is 0 Å². The van der Waals surface area contributed by atoms with E-state index in [4.69, 9.17) is 23.2 Å². The molecule has 3 aromatic rings. The predicted molar refractivity (Wildman–Crippen MR) is 81.3 cm³/mol. The summed E-state index contributed by atoms with van der Waals surface area (Å²) in [5.74, 6) is 0. The van der Waals surface area contributed by atoms with E-state index in [0.29, 0.717) is 10.2 Å². The summed E-state index contributed by atoms with van der Waals surface area (Å²) in [4.78, 5) is 5.52. The Morgan fingerprint density at radius 1 is 1.28 bits per heavy atom. The zero-order chi connectivity index (χ0) is 12.5. The van der Waals surface area contributed by atoms with Gasteiger partial charge < -0.3 is 5.32 Å². The minimum absolute atomic E-state index is 0.455. The van der Waals surface area contributed by atoms with Gasteiger partial charge in [0.05, 0.1) is 15.4 Å². The maximum absolute atomic E-state index is 6.08. The molecule has 3 aromatic heterocycles. The van der Waals surface area contributed by atoms with Gasteiger partial charge in [-0.2, -0.15) is 0 Å². The van der Waals surface area contributed by atoms with Crippen molar-refractivity contribution in [2.24, 2.45) is 0 Å². The Morgan fingerprint density at radius 3 is 2.94 bits per heavy atom. The Balaban J connectivity index is 1.95. The molecule has 6 heteroatoms. The maximum Gasteiger partial charge on any atom is 0.131 e. The zero-order valence-electron chi connectivity index (χ0n) is 9.11. The van der Waals surface area contributed by atoms with E-state index in [1.807, 2.05) is 17.5 Å². The molecule has 0 amide bonds. The highest BCUT2D eigenvalue weighted by atomic mass is 35.5. The molecule has 0 aliphatic rings. The largest absolute Gasteiger partial charge is 0.379 e. The van der Waals surface area contributed by atoms with E-state index in [1.54, 1.807) is 22.7 Å². The summed E-state index contributed by atoms with van der Waals surface area (Å²) >= 11 is 15.4. The maximum atomic E-state index is 6.08. The first kappa shape index (κ1) is 12.2. The Hall–Kier alpha value is -0.810. The lowest BCUT2D eigenvalue weighted by atomic mass is 10.3. The third kappa shape index (κ3) is 2.34. The van der Waals surface area contributed by atoms with Crippen molar-refractivity contribution < 1.29 is 0 Å². The molecule has 0 aliphatic carbocycles. The SMILES string of the molecule is Clc1cc(NCc2cccs2)c2scc(Cl)c2n1. The van der Waals surface area contributed by atoms with Crippen LogP contribution in [0.15, 0.2) is 29.0 Å². The third-order valence-corrected chi connectivity index (χ3v) is 4.97. The molecule has 0 spiro atoms. The summed E-state index contributed by atoms with van der Waals surface area (Å²) in [5, 5.41) is 8.43. The van der Waals surface area contributed by atoms with Crippen molar-refractivity contribution >= 4 is 61.8 Å². The van der Waals surface area contributed by atoms with Crippen molar-refractivity contribution in [3.05, 3.63) is 44.0 Å². The average molecular weight is 315 g/mol. The predicted octanol–water partition coefficient (Wildman–Crippen LogP) is 5.28. The van der Waals surface area contributed by atoms with Crippen molar-refractivity contribution in [2.45, 2.75) is 6.54 Å². The smallest absolute Gasteiger partial charge is 0.131 e. The highest BCUT2D eigenvalue weighted by molar-refractivity contribution is 7.18. The van der Waals surface area contributed by atoms with Crippen LogP contribution in [0, 0.1) is 0 Å². The second-order valence-electron chi connectivity index (χ2n) is 3.69. The number of anilines is 1.